The quantitative estimate of drug-likeness (QED) is 0.180. The molecule has 0 saturated carbocycles. The molecule has 2 aliphatic heterocycles. The molecule has 10 unspecified atom stereocenters. The molecule has 2 saturated heterocycles. The van der Waals surface area contributed by atoms with Crippen LogP contribution in [0.1, 0.15) is 20.8 Å². The molecular weight excluding hydrogens is 440 g/mol. The predicted molar refractivity (Wildman–Crippen MR) is 97.3 cm³/mol. The minimum atomic E-state index is -1.81. The molecule has 0 spiro atoms. The number of carbonyl (C=O) groups excluding carboxylic acids is 3. The molecular formula is C18H28O14. The first kappa shape index (κ1) is 26.3. The van der Waals surface area contributed by atoms with Crippen LogP contribution in [-0.2, 0) is 42.8 Å². The zero-order valence-electron chi connectivity index (χ0n) is 17.6. The third-order valence-corrected chi connectivity index (χ3v) is 4.79. The number of rotatable bonds is 7. The van der Waals surface area contributed by atoms with E-state index in [1.54, 1.807) is 0 Å². The number of aliphatic hydroxyl groups is 5. The lowest BCUT2D eigenvalue weighted by Crippen LogP contribution is -2.63. The molecule has 0 aromatic carbocycles. The number of ether oxygens (including phenoxy) is 6. The van der Waals surface area contributed by atoms with E-state index < -0.39 is 92.5 Å². The molecule has 2 aliphatic rings. The van der Waals surface area contributed by atoms with Crippen LogP contribution in [-0.4, -0.2) is 118 Å². The fourth-order valence-corrected chi connectivity index (χ4v) is 3.40. The van der Waals surface area contributed by atoms with Gasteiger partial charge < -0.3 is 54.0 Å². The highest BCUT2D eigenvalue weighted by Crippen LogP contribution is 2.29. The van der Waals surface area contributed by atoms with Crippen LogP contribution >= 0.6 is 0 Å². The van der Waals surface area contributed by atoms with Crippen molar-refractivity contribution in [3.05, 3.63) is 0 Å². The van der Waals surface area contributed by atoms with E-state index in [0.717, 1.165) is 20.8 Å². The first-order valence-electron chi connectivity index (χ1n) is 9.73. The van der Waals surface area contributed by atoms with Crippen molar-refractivity contribution in [3.8, 4) is 0 Å². The second-order valence-corrected chi connectivity index (χ2v) is 7.32. The van der Waals surface area contributed by atoms with Gasteiger partial charge in [0.2, 0.25) is 0 Å². The number of carbonyl (C=O) groups is 3. The fraction of sp³-hybridized carbons (Fsp3) is 0.833. The number of hydrogen-bond acceptors (Lipinski definition) is 14. The van der Waals surface area contributed by atoms with Crippen LogP contribution < -0.4 is 0 Å². The third-order valence-electron chi connectivity index (χ3n) is 4.79. The maximum atomic E-state index is 11.6. The van der Waals surface area contributed by atoms with Crippen molar-refractivity contribution in [1.82, 2.24) is 0 Å². The van der Waals surface area contributed by atoms with Gasteiger partial charge in [-0.05, 0) is 0 Å². The van der Waals surface area contributed by atoms with Gasteiger partial charge >= 0.3 is 17.9 Å². The second kappa shape index (κ2) is 11.3. The molecule has 0 aliphatic carbocycles. The molecule has 0 aromatic rings. The predicted octanol–water partition coefficient (Wildman–Crippen LogP) is -3.68. The number of hydrogen-bond donors (Lipinski definition) is 5. The van der Waals surface area contributed by atoms with Crippen molar-refractivity contribution in [2.24, 2.45) is 0 Å². The lowest BCUT2D eigenvalue weighted by atomic mass is 9.97. The Morgan fingerprint density at radius 3 is 1.78 bits per heavy atom. The van der Waals surface area contributed by atoms with Gasteiger partial charge in [-0.1, -0.05) is 0 Å². The summed E-state index contributed by atoms with van der Waals surface area (Å²) in [6.45, 7) is 1.94. The minimum Gasteiger partial charge on any atom is -0.456 e. The van der Waals surface area contributed by atoms with Gasteiger partial charge in [0.05, 0.1) is 13.2 Å². The zero-order chi connectivity index (χ0) is 24.2. The molecule has 2 rings (SSSR count). The summed E-state index contributed by atoms with van der Waals surface area (Å²) in [5.74, 6) is -2.47. The van der Waals surface area contributed by atoms with Gasteiger partial charge in [-0.25, -0.2) is 0 Å². The Bertz CT molecular complexity index is 668. The van der Waals surface area contributed by atoms with Gasteiger partial charge in [0.1, 0.15) is 30.5 Å². The van der Waals surface area contributed by atoms with Crippen LogP contribution in [0.2, 0.25) is 0 Å². The maximum Gasteiger partial charge on any atom is 0.303 e. The Kier molecular flexibility index (Phi) is 9.29. The summed E-state index contributed by atoms with van der Waals surface area (Å²) in [5, 5.41) is 49.3. The third kappa shape index (κ3) is 6.32. The highest BCUT2D eigenvalue weighted by Gasteiger charge is 2.52. The summed E-state index contributed by atoms with van der Waals surface area (Å²) in [5.41, 5.74) is 0. The summed E-state index contributed by atoms with van der Waals surface area (Å²) in [6, 6.07) is 0. The van der Waals surface area contributed by atoms with Crippen LogP contribution in [0.25, 0.3) is 0 Å². The van der Waals surface area contributed by atoms with E-state index in [1.165, 1.54) is 0 Å². The maximum absolute atomic E-state index is 11.6. The van der Waals surface area contributed by atoms with Crippen LogP contribution in [0.5, 0.6) is 0 Å². The first-order chi connectivity index (χ1) is 15.0. The lowest BCUT2D eigenvalue weighted by Gasteiger charge is -2.44. The van der Waals surface area contributed by atoms with E-state index in [0.29, 0.717) is 0 Å². The van der Waals surface area contributed by atoms with Gasteiger partial charge in [-0.3, -0.25) is 14.4 Å². The van der Waals surface area contributed by atoms with E-state index >= 15 is 0 Å². The van der Waals surface area contributed by atoms with E-state index in [4.69, 9.17) is 28.4 Å². The average Bonchev–Trinajstić information content (AvgIpc) is 2.70. The number of aliphatic hydroxyl groups excluding tert-OH is 5. The van der Waals surface area contributed by atoms with Crippen LogP contribution in [0.3, 0.4) is 0 Å². The SMILES string of the molecule is CC(=O)OC1C(O)OC(COC2OC(CO)C(O)C(O)C2O)C(OC(C)=O)C1OC(C)=O. The van der Waals surface area contributed by atoms with Crippen molar-refractivity contribution in [2.45, 2.75) is 82.2 Å². The zero-order valence-corrected chi connectivity index (χ0v) is 17.6. The van der Waals surface area contributed by atoms with Crippen molar-refractivity contribution in [3.63, 3.8) is 0 Å². The van der Waals surface area contributed by atoms with Crippen molar-refractivity contribution < 1.29 is 68.3 Å². The Labute approximate surface area is 182 Å². The molecule has 14 nitrogen and oxygen atoms in total. The molecule has 0 bridgehead atoms. The highest BCUT2D eigenvalue weighted by atomic mass is 16.7. The molecule has 5 N–H and O–H groups in total. The van der Waals surface area contributed by atoms with Crippen molar-refractivity contribution in [2.75, 3.05) is 13.2 Å². The Balaban J connectivity index is 2.21. The lowest BCUT2D eigenvalue weighted by molar-refractivity contribution is -0.327. The molecule has 32 heavy (non-hydrogen) atoms. The normalized spacial score (nSPS) is 39.8. The van der Waals surface area contributed by atoms with E-state index in [-0.39, 0.29) is 0 Å². The summed E-state index contributed by atoms with van der Waals surface area (Å²) in [6.07, 6.45) is -15.3. The fourth-order valence-electron chi connectivity index (χ4n) is 3.40. The van der Waals surface area contributed by atoms with Gasteiger partial charge in [0.25, 0.3) is 0 Å². The first-order valence-corrected chi connectivity index (χ1v) is 9.73. The molecule has 14 heteroatoms. The molecule has 0 amide bonds. The molecule has 10 atom stereocenters. The highest BCUT2D eigenvalue weighted by molar-refractivity contribution is 5.68. The summed E-state index contributed by atoms with van der Waals surface area (Å²) in [7, 11) is 0. The summed E-state index contributed by atoms with van der Waals surface area (Å²) in [4.78, 5) is 34.6. The molecule has 184 valence electrons. The van der Waals surface area contributed by atoms with E-state index in [2.05, 4.69) is 0 Å². The van der Waals surface area contributed by atoms with Gasteiger partial charge in [-0.15, -0.1) is 0 Å². The minimum absolute atomic E-state index is 0.539. The van der Waals surface area contributed by atoms with Gasteiger partial charge in [0.15, 0.2) is 30.9 Å². The van der Waals surface area contributed by atoms with Crippen LogP contribution in [0.15, 0.2) is 0 Å². The monoisotopic (exact) mass is 468 g/mol. The average molecular weight is 468 g/mol. The van der Waals surface area contributed by atoms with Crippen molar-refractivity contribution >= 4 is 17.9 Å². The molecule has 0 aromatic heterocycles. The number of esters is 3. The molecule has 2 heterocycles. The Hall–Kier alpha value is -1.91. The topological polar surface area (TPSA) is 208 Å². The Morgan fingerprint density at radius 2 is 1.25 bits per heavy atom. The summed E-state index contributed by atoms with van der Waals surface area (Å²) >= 11 is 0. The van der Waals surface area contributed by atoms with Gasteiger partial charge in [0, 0.05) is 20.8 Å². The largest absolute Gasteiger partial charge is 0.456 e. The Morgan fingerprint density at radius 1 is 0.719 bits per heavy atom. The summed E-state index contributed by atoms with van der Waals surface area (Å²) < 4.78 is 31.2. The standard InChI is InChI=1S/C18H28O14/c1-6(20)28-14-10(5-27-18-13(25)12(24)11(23)9(4-19)32-18)31-17(26)16(30-8(3)22)15(14)29-7(2)21/h9-19,23-26H,4-5H2,1-3H3. The second-order valence-electron chi connectivity index (χ2n) is 7.32. The molecule has 2 fully saturated rings. The smallest absolute Gasteiger partial charge is 0.303 e. The van der Waals surface area contributed by atoms with E-state index in [1.807, 2.05) is 0 Å². The van der Waals surface area contributed by atoms with Gasteiger partial charge in [-0.2, -0.15) is 0 Å². The van der Waals surface area contributed by atoms with Crippen LogP contribution in [0, 0.1) is 0 Å². The molecule has 0 radical (unpaired) electrons. The van der Waals surface area contributed by atoms with Crippen molar-refractivity contribution in [1.29, 1.82) is 0 Å². The van der Waals surface area contributed by atoms with E-state index in [9.17, 15) is 39.9 Å². The van der Waals surface area contributed by atoms with Crippen LogP contribution in [0.4, 0.5) is 0 Å².